The van der Waals surface area contributed by atoms with Gasteiger partial charge in [0.2, 0.25) is 0 Å². The van der Waals surface area contributed by atoms with Gasteiger partial charge in [0.15, 0.2) is 5.65 Å². The van der Waals surface area contributed by atoms with Crippen LogP contribution in [0.15, 0.2) is 41.6 Å². The lowest BCUT2D eigenvalue weighted by Crippen LogP contribution is -2.15. The minimum Gasteiger partial charge on any atom is -0.497 e. The fourth-order valence-corrected chi connectivity index (χ4v) is 3.47. The number of anilines is 1. The van der Waals surface area contributed by atoms with Crippen LogP contribution in [-0.2, 0) is 10.0 Å². The summed E-state index contributed by atoms with van der Waals surface area (Å²) in [6.45, 7) is 1.83. The molecule has 3 aromatic rings. The third-order valence-corrected chi connectivity index (χ3v) is 4.75. The molecule has 0 radical (unpaired) electrons. The van der Waals surface area contributed by atoms with Crippen molar-refractivity contribution in [1.82, 2.24) is 14.6 Å². The van der Waals surface area contributed by atoms with Crippen LogP contribution in [0.2, 0.25) is 0 Å². The Bertz CT molecular complexity index is 998. The summed E-state index contributed by atoms with van der Waals surface area (Å²) in [5.41, 5.74) is 1.71. The molecule has 24 heavy (non-hydrogen) atoms. The first-order chi connectivity index (χ1) is 11.4. The van der Waals surface area contributed by atoms with Crippen molar-refractivity contribution in [2.75, 3.05) is 18.9 Å². The first kappa shape index (κ1) is 16.1. The standard InChI is InChI=1S/C15H16N4O4S/c1-10-6-15-16-8-11(9-19(15)17-10)18-24(20,21)14-7-12(22-2)4-5-13(14)23-3/h4-9,18H,1-3H3. The Labute approximate surface area is 139 Å². The highest BCUT2D eigenvalue weighted by atomic mass is 32.2. The van der Waals surface area contributed by atoms with Crippen LogP contribution in [0.5, 0.6) is 11.5 Å². The Kier molecular flexibility index (Phi) is 4.02. The van der Waals surface area contributed by atoms with Crippen molar-refractivity contribution in [2.45, 2.75) is 11.8 Å². The van der Waals surface area contributed by atoms with Crippen LogP contribution in [0.25, 0.3) is 5.65 Å². The minimum atomic E-state index is -3.89. The van der Waals surface area contributed by atoms with E-state index in [1.54, 1.807) is 18.3 Å². The molecule has 0 fully saturated rings. The normalized spacial score (nSPS) is 11.5. The van der Waals surface area contributed by atoms with E-state index in [-0.39, 0.29) is 16.3 Å². The fraction of sp³-hybridized carbons (Fsp3) is 0.200. The van der Waals surface area contributed by atoms with Crippen LogP contribution >= 0.6 is 0 Å². The average Bonchev–Trinajstić information content (AvgIpc) is 2.93. The van der Waals surface area contributed by atoms with Crippen molar-refractivity contribution in [1.29, 1.82) is 0 Å². The van der Waals surface area contributed by atoms with Crippen LogP contribution in [0, 0.1) is 6.92 Å². The molecular weight excluding hydrogens is 332 g/mol. The number of ether oxygens (including phenoxy) is 2. The number of rotatable bonds is 5. The molecule has 2 heterocycles. The minimum absolute atomic E-state index is 0.0268. The van der Waals surface area contributed by atoms with E-state index in [1.807, 2.05) is 6.92 Å². The summed E-state index contributed by atoms with van der Waals surface area (Å²) >= 11 is 0. The average molecular weight is 348 g/mol. The van der Waals surface area contributed by atoms with Gasteiger partial charge < -0.3 is 9.47 Å². The third kappa shape index (κ3) is 2.98. The van der Waals surface area contributed by atoms with Gasteiger partial charge in [-0.15, -0.1) is 0 Å². The van der Waals surface area contributed by atoms with Crippen molar-refractivity contribution in [3.63, 3.8) is 0 Å². The smallest absolute Gasteiger partial charge is 0.265 e. The number of hydrogen-bond acceptors (Lipinski definition) is 6. The van der Waals surface area contributed by atoms with Gasteiger partial charge in [-0.2, -0.15) is 5.10 Å². The monoisotopic (exact) mass is 348 g/mol. The summed E-state index contributed by atoms with van der Waals surface area (Å²) < 4.78 is 39.6. The number of methoxy groups -OCH3 is 2. The second-order valence-corrected chi connectivity index (χ2v) is 6.70. The Morgan fingerprint density at radius 3 is 2.67 bits per heavy atom. The summed E-state index contributed by atoms with van der Waals surface area (Å²) in [5, 5.41) is 4.21. The molecule has 0 saturated heterocycles. The number of sulfonamides is 1. The van der Waals surface area contributed by atoms with Crippen molar-refractivity contribution < 1.29 is 17.9 Å². The number of nitrogens with zero attached hydrogens (tertiary/aromatic N) is 3. The zero-order valence-corrected chi connectivity index (χ0v) is 14.2. The lowest BCUT2D eigenvalue weighted by molar-refractivity contribution is 0.392. The van der Waals surface area contributed by atoms with E-state index in [1.165, 1.54) is 37.1 Å². The van der Waals surface area contributed by atoms with E-state index < -0.39 is 10.0 Å². The highest BCUT2D eigenvalue weighted by Gasteiger charge is 2.21. The largest absolute Gasteiger partial charge is 0.497 e. The van der Waals surface area contributed by atoms with Gasteiger partial charge >= 0.3 is 0 Å². The van der Waals surface area contributed by atoms with E-state index >= 15 is 0 Å². The quantitative estimate of drug-likeness (QED) is 0.756. The topological polar surface area (TPSA) is 94.8 Å². The molecule has 0 saturated carbocycles. The molecule has 1 N–H and O–H groups in total. The Morgan fingerprint density at radius 2 is 1.96 bits per heavy atom. The summed E-state index contributed by atoms with van der Waals surface area (Å²) in [6.07, 6.45) is 2.99. The third-order valence-electron chi connectivity index (χ3n) is 3.35. The molecule has 0 atom stereocenters. The molecule has 0 amide bonds. The number of nitrogens with one attached hydrogen (secondary N) is 1. The van der Waals surface area contributed by atoms with E-state index in [0.717, 1.165) is 5.69 Å². The highest BCUT2D eigenvalue weighted by molar-refractivity contribution is 7.92. The number of aryl methyl sites for hydroxylation is 1. The Morgan fingerprint density at radius 1 is 1.17 bits per heavy atom. The highest BCUT2D eigenvalue weighted by Crippen LogP contribution is 2.29. The van der Waals surface area contributed by atoms with Gasteiger partial charge in [0.05, 0.1) is 38.0 Å². The molecule has 1 aromatic carbocycles. The fourth-order valence-electron chi connectivity index (χ4n) is 2.25. The number of benzene rings is 1. The summed E-state index contributed by atoms with van der Waals surface area (Å²) in [7, 11) is -1.02. The number of aromatic nitrogens is 3. The molecule has 0 spiro atoms. The van der Waals surface area contributed by atoms with E-state index in [0.29, 0.717) is 11.4 Å². The Hall–Kier alpha value is -2.81. The molecule has 3 rings (SSSR count). The Balaban J connectivity index is 2.00. The molecule has 8 nitrogen and oxygen atoms in total. The van der Waals surface area contributed by atoms with E-state index in [2.05, 4.69) is 14.8 Å². The van der Waals surface area contributed by atoms with Gasteiger partial charge in [-0.1, -0.05) is 0 Å². The maximum absolute atomic E-state index is 12.7. The summed E-state index contributed by atoms with van der Waals surface area (Å²) in [6, 6.07) is 6.35. The maximum atomic E-state index is 12.7. The van der Waals surface area contributed by atoms with Gasteiger partial charge in [0.25, 0.3) is 10.0 Å². The second kappa shape index (κ2) is 6.00. The molecule has 0 bridgehead atoms. The van der Waals surface area contributed by atoms with Gasteiger partial charge in [-0.05, 0) is 19.1 Å². The molecule has 2 aromatic heterocycles. The zero-order valence-electron chi connectivity index (χ0n) is 13.3. The molecule has 0 aliphatic carbocycles. The van der Waals surface area contributed by atoms with Crippen LogP contribution in [-0.4, -0.2) is 37.2 Å². The van der Waals surface area contributed by atoms with Gasteiger partial charge in [-0.25, -0.2) is 17.9 Å². The zero-order chi connectivity index (χ0) is 17.3. The molecule has 126 valence electrons. The number of fused-ring (bicyclic) bond motifs is 1. The van der Waals surface area contributed by atoms with Crippen molar-refractivity contribution >= 4 is 21.4 Å². The van der Waals surface area contributed by atoms with Crippen molar-refractivity contribution in [2.24, 2.45) is 0 Å². The molecule has 9 heteroatoms. The summed E-state index contributed by atoms with van der Waals surface area (Å²) in [5.74, 6) is 0.625. The van der Waals surface area contributed by atoms with Crippen LogP contribution in [0.4, 0.5) is 5.69 Å². The maximum Gasteiger partial charge on any atom is 0.265 e. The van der Waals surface area contributed by atoms with E-state index in [9.17, 15) is 8.42 Å². The first-order valence-electron chi connectivity index (χ1n) is 7.00. The second-order valence-electron chi connectivity index (χ2n) is 5.05. The lowest BCUT2D eigenvalue weighted by Gasteiger charge is -2.12. The van der Waals surface area contributed by atoms with Crippen LogP contribution in [0.1, 0.15) is 5.69 Å². The van der Waals surface area contributed by atoms with Crippen LogP contribution in [0.3, 0.4) is 0 Å². The van der Waals surface area contributed by atoms with E-state index in [4.69, 9.17) is 9.47 Å². The predicted octanol–water partition coefficient (Wildman–Crippen LogP) is 1.86. The lowest BCUT2D eigenvalue weighted by atomic mass is 10.3. The van der Waals surface area contributed by atoms with Crippen LogP contribution < -0.4 is 14.2 Å². The molecule has 0 aliphatic heterocycles. The van der Waals surface area contributed by atoms with Gasteiger partial charge in [0, 0.05) is 12.1 Å². The summed E-state index contributed by atoms with van der Waals surface area (Å²) in [4.78, 5) is 4.15. The van der Waals surface area contributed by atoms with Gasteiger partial charge in [-0.3, -0.25) is 4.72 Å². The van der Waals surface area contributed by atoms with Crippen molar-refractivity contribution in [3.05, 3.63) is 42.4 Å². The SMILES string of the molecule is COc1ccc(OC)c(S(=O)(=O)Nc2cnc3cc(C)nn3c2)c1. The predicted molar refractivity (Wildman–Crippen MR) is 88.1 cm³/mol. The molecule has 0 unspecified atom stereocenters. The van der Waals surface area contributed by atoms with Crippen molar-refractivity contribution in [3.8, 4) is 11.5 Å². The number of hydrogen-bond donors (Lipinski definition) is 1. The molecule has 0 aliphatic rings. The first-order valence-corrected chi connectivity index (χ1v) is 8.48. The van der Waals surface area contributed by atoms with Gasteiger partial charge in [0.1, 0.15) is 16.4 Å². The molecular formula is C15H16N4O4S.